The van der Waals surface area contributed by atoms with Gasteiger partial charge < -0.3 is 0 Å². The summed E-state index contributed by atoms with van der Waals surface area (Å²) >= 11 is 0. The lowest BCUT2D eigenvalue weighted by Crippen LogP contribution is -2.20. The van der Waals surface area contributed by atoms with Crippen molar-refractivity contribution in [1.82, 2.24) is 0 Å². The van der Waals surface area contributed by atoms with Crippen molar-refractivity contribution in [3.05, 3.63) is 11.6 Å². The molecule has 2 aliphatic carbocycles. The van der Waals surface area contributed by atoms with Crippen LogP contribution in [0.25, 0.3) is 0 Å². The predicted octanol–water partition coefficient (Wildman–Crippen LogP) is 2.32. The molecular formula is C10H14O. The van der Waals surface area contributed by atoms with E-state index in [0.717, 1.165) is 25.2 Å². The van der Waals surface area contributed by atoms with Gasteiger partial charge in [-0.25, -0.2) is 0 Å². The van der Waals surface area contributed by atoms with Gasteiger partial charge in [0.2, 0.25) is 0 Å². The Labute approximate surface area is 67.5 Å². The van der Waals surface area contributed by atoms with E-state index in [9.17, 15) is 4.79 Å². The van der Waals surface area contributed by atoms with Crippen LogP contribution in [0.1, 0.15) is 32.6 Å². The minimum atomic E-state index is 0.481. The third kappa shape index (κ3) is 1.24. The summed E-state index contributed by atoms with van der Waals surface area (Å²) in [6.07, 6.45) is 6.33. The van der Waals surface area contributed by atoms with Crippen molar-refractivity contribution >= 4 is 5.78 Å². The average Bonchev–Trinajstić information content (AvgIpc) is 2.27. The fraction of sp³-hybridized carbons (Fsp3) is 0.700. The van der Waals surface area contributed by atoms with Crippen molar-refractivity contribution in [2.24, 2.45) is 11.8 Å². The van der Waals surface area contributed by atoms with Gasteiger partial charge in [-0.1, -0.05) is 11.6 Å². The van der Waals surface area contributed by atoms with Crippen LogP contribution in [0.3, 0.4) is 0 Å². The van der Waals surface area contributed by atoms with Gasteiger partial charge in [-0.05, 0) is 31.6 Å². The quantitative estimate of drug-likeness (QED) is 0.484. The van der Waals surface area contributed by atoms with Crippen LogP contribution in [0.15, 0.2) is 11.6 Å². The van der Waals surface area contributed by atoms with Crippen LogP contribution in [0.2, 0.25) is 0 Å². The summed E-state index contributed by atoms with van der Waals surface area (Å²) in [5.74, 6) is 1.90. The van der Waals surface area contributed by atoms with E-state index in [-0.39, 0.29) is 0 Å². The largest absolute Gasteiger partial charge is 0.300 e. The molecule has 0 bridgehead atoms. The number of carbonyl (C=O) groups excluding carboxylic acids is 1. The number of carbonyl (C=O) groups is 1. The predicted molar refractivity (Wildman–Crippen MR) is 44.2 cm³/mol. The maximum Gasteiger partial charge on any atom is 0.133 e. The smallest absolute Gasteiger partial charge is 0.133 e. The van der Waals surface area contributed by atoms with Gasteiger partial charge in [-0.2, -0.15) is 0 Å². The number of allylic oxidation sites excluding steroid dienone is 2. The molecule has 2 atom stereocenters. The van der Waals surface area contributed by atoms with Crippen LogP contribution in [0, 0.1) is 11.8 Å². The van der Waals surface area contributed by atoms with E-state index >= 15 is 0 Å². The summed E-state index contributed by atoms with van der Waals surface area (Å²) in [6.45, 7) is 2.18. The maximum absolute atomic E-state index is 11.1. The SMILES string of the molecule is CC1=CC2CCC(=O)CC2C1. The minimum absolute atomic E-state index is 0.481. The maximum atomic E-state index is 11.1. The van der Waals surface area contributed by atoms with Gasteiger partial charge in [0.1, 0.15) is 5.78 Å². The Hall–Kier alpha value is -0.590. The van der Waals surface area contributed by atoms with Crippen molar-refractivity contribution in [3.63, 3.8) is 0 Å². The van der Waals surface area contributed by atoms with E-state index in [1.807, 2.05) is 0 Å². The second kappa shape index (κ2) is 2.47. The van der Waals surface area contributed by atoms with Crippen LogP contribution < -0.4 is 0 Å². The van der Waals surface area contributed by atoms with E-state index in [1.165, 1.54) is 12.0 Å². The van der Waals surface area contributed by atoms with E-state index in [4.69, 9.17) is 0 Å². The number of Topliss-reactive ketones (excluding diaryl/α,β-unsaturated/α-hetero) is 1. The Morgan fingerprint density at radius 2 is 2.27 bits per heavy atom. The lowest BCUT2D eigenvalue weighted by molar-refractivity contribution is -0.122. The van der Waals surface area contributed by atoms with Crippen molar-refractivity contribution in [2.45, 2.75) is 32.6 Å². The lowest BCUT2D eigenvalue weighted by Gasteiger charge is -2.23. The zero-order chi connectivity index (χ0) is 7.84. The molecule has 0 aromatic heterocycles. The number of fused-ring (bicyclic) bond motifs is 1. The van der Waals surface area contributed by atoms with Crippen molar-refractivity contribution in [2.75, 3.05) is 0 Å². The molecule has 1 saturated carbocycles. The number of rotatable bonds is 0. The summed E-state index contributed by atoms with van der Waals surface area (Å²) in [7, 11) is 0. The number of hydrogen-bond donors (Lipinski definition) is 0. The van der Waals surface area contributed by atoms with E-state index in [2.05, 4.69) is 13.0 Å². The zero-order valence-corrected chi connectivity index (χ0v) is 6.97. The van der Waals surface area contributed by atoms with Crippen LogP contribution in [-0.2, 0) is 4.79 Å². The molecule has 11 heavy (non-hydrogen) atoms. The normalized spacial score (nSPS) is 36.8. The molecule has 0 amide bonds. The molecule has 60 valence electrons. The van der Waals surface area contributed by atoms with Gasteiger partial charge in [-0.15, -0.1) is 0 Å². The van der Waals surface area contributed by atoms with Gasteiger partial charge in [0.05, 0.1) is 0 Å². The summed E-state index contributed by atoms with van der Waals surface area (Å²) in [5.41, 5.74) is 1.50. The first-order chi connectivity index (χ1) is 5.25. The highest BCUT2D eigenvalue weighted by Crippen LogP contribution is 2.39. The molecule has 0 saturated heterocycles. The molecule has 2 unspecified atom stereocenters. The third-order valence-electron chi connectivity index (χ3n) is 2.93. The topological polar surface area (TPSA) is 17.1 Å². The van der Waals surface area contributed by atoms with Gasteiger partial charge in [-0.3, -0.25) is 4.79 Å². The Balaban J connectivity index is 2.09. The van der Waals surface area contributed by atoms with Gasteiger partial charge >= 0.3 is 0 Å². The van der Waals surface area contributed by atoms with Gasteiger partial charge in [0.15, 0.2) is 0 Å². The van der Waals surface area contributed by atoms with Crippen molar-refractivity contribution in [3.8, 4) is 0 Å². The molecule has 0 spiro atoms. The van der Waals surface area contributed by atoms with E-state index in [0.29, 0.717) is 11.7 Å². The molecule has 0 aliphatic heterocycles. The Morgan fingerprint density at radius 3 is 3.09 bits per heavy atom. The molecule has 2 rings (SSSR count). The van der Waals surface area contributed by atoms with Crippen LogP contribution in [0.4, 0.5) is 0 Å². The molecule has 0 aromatic rings. The molecule has 1 nitrogen and oxygen atoms in total. The number of hydrogen-bond acceptors (Lipinski definition) is 1. The van der Waals surface area contributed by atoms with E-state index in [1.54, 1.807) is 0 Å². The fourth-order valence-electron chi connectivity index (χ4n) is 2.40. The highest BCUT2D eigenvalue weighted by Gasteiger charge is 2.31. The Kier molecular flexibility index (Phi) is 1.59. The minimum Gasteiger partial charge on any atom is -0.300 e. The first-order valence-corrected chi connectivity index (χ1v) is 4.44. The van der Waals surface area contributed by atoms with Gasteiger partial charge in [0, 0.05) is 12.8 Å². The summed E-state index contributed by atoms with van der Waals surface area (Å²) in [4.78, 5) is 11.1. The summed E-state index contributed by atoms with van der Waals surface area (Å²) in [6, 6.07) is 0. The first-order valence-electron chi connectivity index (χ1n) is 4.44. The molecule has 1 fully saturated rings. The zero-order valence-electron chi connectivity index (χ0n) is 6.97. The highest BCUT2D eigenvalue weighted by atomic mass is 16.1. The molecule has 0 N–H and O–H groups in total. The average molecular weight is 150 g/mol. The van der Waals surface area contributed by atoms with Crippen molar-refractivity contribution in [1.29, 1.82) is 0 Å². The van der Waals surface area contributed by atoms with Crippen LogP contribution in [0.5, 0.6) is 0 Å². The van der Waals surface area contributed by atoms with Crippen molar-refractivity contribution < 1.29 is 4.79 Å². The Morgan fingerprint density at radius 1 is 1.45 bits per heavy atom. The molecular weight excluding hydrogens is 136 g/mol. The molecule has 0 heterocycles. The third-order valence-corrected chi connectivity index (χ3v) is 2.93. The summed E-state index contributed by atoms with van der Waals surface area (Å²) in [5, 5.41) is 0. The van der Waals surface area contributed by atoms with Gasteiger partial charge in [0.25, 0.3) is 0 Å². The summed E-state index contributed by atoms with van der Waals surface area (Å²) < 4.78 is 0. The second-order valence-electron chi connectivity index (χ2n) is 3.92. The van der Waals surface area contributed by atoms with Crippen LogP contribution in [-0.4, -0.2) is 5.78 Å². The first kappa shape index (κ1) is 7.08. The Bertz CT molecular complexity index is 215. The van der Waals surface area contributed by atoms with Crippen LogP contribution >= 0.6 is 0 Å². The lowest BCUT2D eigenvalue weighted by atomic mass is 9.81. The molecule has 2 aliphatic rings. The number of ketones is 1. The second-order valence-corrected chi connectivity index (χ2v) is 3.92. The molecule has 0 aromatic carbocycles. The van der Waals surface area contributed by atoms with E-state index < -0.39 is 0 Å². The molecule has 0 radical (unpaired) electrons. The highest BCUT2D eigenvalue weighted by molar-refractivity contribution is 5.79. The molecule has 1 heteroatoms. The monoisotopic (exact) mass is 150 g/mol. The fourth-order valence-corrected chi connectivity index (χ4v) is 2.40. The standard InChI is InChI=1S/C10H14O/c1-7-4-8-2-3-10(11)6-9(8)5-7/h4,8-9H,2-3,5-6H2,1H3.